The number of anilines is 1. The zero-order valence-electron chi connectivity index (χ0n) is 9.34. The molecule has 0 aliphatic heterocycles. The Morgan fingerprint density at radius 3 is 2.88 bits per heavy atom. The van der Waals surface area contributed by atoms with Gasteiger partial charge in [0.15, 0.2) is 0 Å². The van der Waals surface area contributed by atoms with Crippen LogP contribution in [0.25, 0.3) is 0 Å². The lowest BCUT2D eigenvalue weighted by Gasteiger charge is -2.09. The number of rotatable bonds is 4. The van der Waals surface area contributed by atoms with Crippen molar-refractivity contribution in [3.63, 3.8) is 0 Å². The van der Waals surface area contributed by atoms with Crippen LogP contribution in [0.1, 0.15) is 19.8 Å². The van der Waals surface area contributed by atoms with Gasteiger partial charge in [0.2, 0.25) is 5.91 Å². The standard InChI is InChI=1S/C12H12BrClN2O/c1-2-3-8(7-15)12(17)16-9-4-5-11(14)10(13)6-9/h4-6,8H,2-3H2,1H3,(H,16,17). The predicted octanol–water partition coefficient (Wildman–Crippen LogP) is 3.98. The highest BCUT2D eigenvalue weighted by atomic mass is 79.9. The third-order valence-corrected chi connectivity index (χ3v) is 3.45. The Balaban J connectivity index is 2.74. The van der Waals surface area contributed by atoms with Crippen LogP contribution >= 0.6 is 27.5 Å². The molecule has 5 heteroatoms. The van der Waals surface area contributed by atoms with Crippen molar-refractivity contribution in [3.05, 3.63) is 27.7 Å². The third-order valence-electron chi connectivity index (χ3n) is 2.24. The minimum Gasteiger partial charge on any atom is -0.325 e. The lowest BCUT2D eigenvalue weighted by Crippen LogP contribution is -2.21. The van der Waals surface area contributed by atoms with Gasteiger partial charge in [0, 0.05) is 10.2 Å². The zero-order valence-corrected chi connectivity index (χ0v) is 11.7. The molecular weight excluding hydrogens is 304 g/mol. The van der Waals surface area contributed by atoms with Crippen LogP contribution in [0, 0.1) is 17.2 Å². The molecule has 0 heterocycles. The van der Waals surface area contributed by atoms with E-state index in [1.807, 2.05) is 13.0 Å². The maximum absolute atomic E-state index is 11.7. The van der Waals surface area contributed by atoms with E-state index in [2.05, 4.69) is 21.2 Å². The van der Waals surface area contributed by atoms with Gasteiger partial charge in [-0.25, -0.2) is 0 Å². The molecule has 3 nitrogen and oxygen atoms in total. The first-order valence-corrected chi connectivity index (χ1v) is 6.41. The normalized spacial score (nSPS) is 11.6. The molecule has 1 amide bonds. The quantitative estimate of drug-likeness (QED) is 0.913. The van der Waals surface area contributed by atoms with Gasteiger partial charge in [0.25, 0.3) is 0 Å². The first-order chi connectivity index (χ1) is 8.08. The van der Waals surface area contributed by atoms with E-state index >= 15 is 0 Å². The molecular formula is C12H12BrClN2O. The summed E-state index contributed by atoms with van der Waals surface area (Å²) in [4.78, 5) is 11.7. The van der Waals surface area contributed by atoms with Crippen LogP contribution in [-0.2, 0) is 4.79 Å². The van der Waals surface area contributed by atoms with E-state index in [-0.39, 0.29) is 5.91 Å². The molecule has 1 aromatic rings. The van der Waals surface area contributed by atoms with Crippen LogP contribution in [0.5, 0.6) is 0 Å². The number of nitrogens with one attached hydrogen (secondary N) is 1. The maximum Gasteiger partial charge on any atom is 0.241 e. The summed E-state index contributed by atoms with van der Waals surface area (Å²) < 4.78 is 0.709. The molecule has 1 atom stereocenters. The number of nitriles is 1. The lowest BCUT2D eigenvalue weighted by molar-refractivity contribution is -0.118. The average Bonchev–Trinajstić information content (AvgIpc) is 2.30. The van der Waals surface area contributed by atoms with E-state index in [0.29, 0.717) is 21.6 Å². The van der Waals surface area contributed by atoms with Gasteiger partial charge in [-0.15, -0.1) is 0 Å². The van der Waals surface area contributed by atoms with E-state index in [1.54, 1.807) is 18.2 Å². The number of carbonyl (C=O) groups is 1. The second-order valence-electron chi connectivity index (χ2n) is 3.59. The first-order valence-electron chi connectivity index (χ1n) is 5.24. The summed E-state index contributed by atoms with van der Waals surface area (Å²) in [6, 6.07) is 7.09. The summed E-state index contributed by atoms with van der Waals surface area (Å²) >= 11 is 9.12. The van der Waals surface area contributed by atoms with Crippen molar-refractivity contribution in [2.75, 3.05) is 5.32 Å². The number of hydrogen-bond donors (Lipinski definition) is 1. The van der Waals surface area contributed by atoms with Crippen LogP contribution in [0.4, 0.5) is 5.69 Å². The number of carbonyl (C=O) groups excluding carboxylic acids is 1. The zero-order chi connectivity index (χ0) is 12.8. The molecule has 0 aliphatic rings. The highest BCUT2D eigenvalue weighted by Crippen LogP contribution is 2.25. The first kappa shape index (κ1) is 14.0. The van der Waals surface area contributed by atoms with Crippen LogP contribution in [0.2, 0.25) is 5.02 Å². The molecule has 0 aliphatic carbocycles. The second kappa shape index (κ2) is 6.63. The van der Waals surface area contributed by atoms with Gasteiger partial charge in [0.05, 0.1) is 11.1 Å². The Kier molecular flexibility index (Phi) is 5.46. The predicted molar refractivity (Wildman–Crippen MR) is 71.8 cm³/mol. The van der Waals surface area contributed by atoms with E-state index in [0.717, 1.165) is 6.42 Å². The van der Waals surface area contributed by atoms with Gasteiger partial charge < -0.3 is 5.32 Å². The molecule has 17 heavy (non-hydrogen) atoms. The highest BCUT2D eigenvalue weighted by molar-refractivity contribution is 9.10. The summed E-state index contributed by atoms with van der Waals surface area (Å²) in [6.45, 7) is 1.94. The Labute approximate surface area is 114 Å². The molecule has 0 saturated carbocycles. The topological polar surface area (TPSA) is 52.9 Å². The fourth-order valence-corrected chi connectivity index (χ4v) is 1.84. The van der Waals surface area contributed by atoms with Gasteiger partial charge in [-0.3, -0.25) is 4.79 Å². The number of nitrogens with zero attached hydrogens (tertiary/aromatic N) is 1. The van der Waals surface area contributed by atoms with Gasteiger partial charge in [-0.1, -0.05) is 24.9 Å². The molecule has 1 rings (SSSR count). The molecule has 0 radical (unpaired) electrons. The SMILES string of the molecule is CCCC(C#N)C(=O)Nc1ccc(Cl)c(Br)c1. The van der Waals surface area contributed by atoms with Crippen LogP contribution < -0.4 is 5.32 Å². The Bertz CT molecular complexity index is 456. The lowest BCUT2D eigenvalue weighted by atomic mass is 10.0. The van der Waals surface area contributed by atoms with Crippen molar-refractivity contribution in [3.8, 4) is 6.07 Å². The summed E-state index contributed by atoms with van der Waals surface area (Å²) in [5.74, 6) is -0.877. The molecule has 1 unspecified atom stereocenters. The van der Waals surface area contributed by atoms with Crippen molar-refractivity contribution in [2.24, 2.45) is 5.92 Å². The summed E-state index contributed by atoms with van der Waals surface area (Å²) in [5, 5.41) is 12.1. The summed E-state index contributed by atoms with van der Waals surface area (Å²) in [5.41, 5.74) is 0.627. The summed E-state index contributed by atoms with van der Waals surface area (Å²) in [6.07, 6.45) is 1.37. The molecule has 1 N–H and O–H groups in total. The smallest absolute Gasteiger partial charge is 0.241 e. The molecule has 0 aromatic heterocycles. The Morgan fingerprint density at radius 1 is 1.65 bits per heavy atom. The minimum atomic E-state index is -0.602. The van der Waals surface area contributed by atoms with E-state index in [9.17, 15) is 4.79 Å². The van der Waals surface area contributed by atoms with Gasteiger partial charge in [-0.05, 0) is 40.5 Å². The van der Waals surface area contributed by atoms with Crippen LogP contribution in [-0.4, -0.2) is 5.91 Å². The van der Waals surface area contributed by atoms with Gasteiger partial charge in [-0.2, -0.15) is 5.26 Å². The van der Waals surface area contributed by atoms with Crippen LogP contribution in [0.3, 0.4) is 0 Å². The minimum absolute atomic E-state index is 0.274. The van der Waals surface area contributed by atoms with E-state index in [1.165, 1.54) is 0 Å². The van der Waals surface area contributed by atoms with Crippen molar-refractivity contribution in [2.45, 2.75) is 19.8 Å². The Hall–Kier alpha value is -1.05. The number of hydrogen-bond acceptors (Lipinski definition) is 2. The maximum atomic E-state index is 11.7. The van der Waals surface area contributed by atoms with Gasteiger partial charge >= 0.3 is 0 Å². The van der Waals surface area contributed by atoms with Crippen molar-refractivity contribution >= 4 is 39.1 Å². The monoisotopic (exact) mass is 314 g/mol. The molecule has 0 spiro atoms. The van der Waals surface area contributed by atoms with E-state index in [4.69, 9.17) is 16.9 Å². The highest BCUT2D eigenvalue weighted by Gasteiger charge is 2.16. The number of amides is 1. The molecule has 90 valence electrons. The third kappa shape index (κ3) is 4.03. The largest absolute Gasteiger partial charge is 0.325 e. The molecule has 0 fully saturated rings. The second-order valence-corrected chi connectivity index (χ2v) is 4.85. The fourth-order valence-electron chi connectivity index (χ4n) is 1.35. The molecule has 0 bridgehead atoms. The average molecular weight is 316 g/mol. The Morgan fingerprint density at radius 2 is 2.35 bits per heavy atom. The molecule has 0 saturated heterocycles. The van der Waals surface area contributed by atoms with Crippen LogP contribution in [0.15, 0.2) is 22.7 Å². The number of benzene rings is 1. The molecule has 1 aromatic carbocycles. The van der Waals surface area contributed by atoms with Crippen molar-refractivity contribution in [1.82, 2.24) is 0 Å². The number of halogens is 2. The summed E-state index contributed by atoms with van der Waals surface area (Å²) in [7, 11) is 0. The van der Waals surface area contributed by atoms with E-state index < -0.39 is 5.92 Å². The fraction of sp³-hybridized carbons (Fsp3) is 0.333. The van der Waals surface area contributed by atoms with Crippen molar-refractivity contribution < 1.29 is 4.79 Å². The van der Waals surface area contributed by atoms with Crippen molar-refractivity contribution in [1.29, 1.82) is 5.26 Å². The van der Waals surface area contributed by atoms with Gasteiger partial charge in [0.1, 0.15) is 5.92 Å².